The largest absolute Gasteiger partial charge is 0.456 e. The van der Waals surface area contributed by atoms with Crippen LogP contribution in [0.3, 0.4) is 0 Å². The van der Waals surface area contributed by atoms with Crippen molar-refractivity contribution < 1.29 is 4.42 Å². The first-order chi connectivity index (χ1) is 28.3. The Balaban J connectivity index is 1.29. The number of H-pyrrole nitrogens is 1. The van der Waals surface area contributed by atoms with Gasteiger partial charge in [-0.3, -0.25) is 0 Å². The average Bonchev–Trinajstić information content (AvgIpc) is 3.87. The predicted octanol–water partition coefficient (Wildman–Crippen LogP) is 15.4. The molecule has 3 heteroatoms. The summed E-state index contributed by atoms with van der Waals surface area (Å²) in [4.78, 5) is 6.34. The molecule has 0 bridgehead atoms. The second-order valence-corrected chi connectivity index (χ2v) is 14.5. The number of furan rings is 1. The molecule has 0 fully saturated rings. The van der Waals surface area contributed by atoms with Gasteiger partial charge < -0.3 is 14.3 Å². The first kappa shape index (κ1) is 32.8. The molecule has 3 nitrogen and oxygen atoms in total. The SMILES string of the molecule is c1ccc(-c2ccccc2N(c2ccccc2-c2cccc3oc4ccccc4c23)c2c(-c3ccccc3)cccc2-c2cccc3c2[nH]c2ccccc23)cc1. The molecule has 0 aliphatic rings. The first-order valence-electron chi connectivity index (χ1n) is 19.4. The van der Waals surface area contributed by atoms with Gasteiger partial charge in [-0.25, -0.2) is 0 Å². The van der Waals surface area contributed by atoms with Crippen molar-refractivity contribution in [1.82, 2.24) is 4.98 Å². The van der Waals surface area contributed by atoms with Gasteiger partial charge in [0.1, 0.15) is 11.2 Å². The highest BCUT2D eigenvalue weighted by atomic mass is 16.3. The van der Waals surface area contributed by atoms with Gasteiger partial charge in [0.05, 0.1) is 22.6 Å². The van der Waals surface area contributed by atoms with Gasteiger partial charge in [0.15, 0.2) is 0 Å². The maximum absolute atomic E-state index is 6.46. The number of nitrogens with one attached hydrogen (secondary N) is 1. The number of hydrogen-bond donors (Lipinski definition) is 1. The minimum atomic E-state index is 0.871. The zero-order valence-corrected chi connectivity index (χ0v) is 31.1. The van der Waals surface area contributed by atoms with Gasteiger partial charge in [-0.1, -0.05) is 182 Å². The van der Waals surface area contributed by atoms with E-state index in [1.807, 2.05) is 6.07 Å². The van der Waals surface area contributed by atoms with Crippen LogP contribution >= 0.6 is 0 Å². The summed E-state index contributed by atoms with van der Waals surface area (Å²) in [6.45, 7) is 0. The van der Waals surface area contributed by atoms with Crippen LogP contribution in [0.1, 0.15) is 0 Å². The van der Waals surface area contributed by atoms with Crippen molar-refractivity contribution in [2.24, 2.45) is 0 Å². The van der Waals surface area contributed by atoms with Crippen LogP contribution in [0.5, 0.6) is 0 Å². The third-order valence-corrected chi connectivity index (χ3v) is 11.2. The highest BCUT2D eigenvalue weighted by Gasteiger charge is 2.27. The normalized spacial score (nSPS) is 11.5. The van der Waals surface area contributed by atoms with E-state index in [1.54, 1.807) is 0 Å². The summed E-state index contributed by atoms with van der Waals surface area (Å²) in [6, 6.07) is 76.0. The molecular formula is C54H36N2O. The van der Waals surface area contributed by atoms with Crippen molar-refractivity contribution in [3.05, 3.63) is 212 Å². The monoisotopic (exact) mass is 728 g/mol. The standard InChI is InChI=1S/C54H36N2O/c1-3-18-36(19-4-1)38-22-8-12-32-48(38)56(49-33-13-9-24-41(49)42-27-17-35-51-52(42)46-25-10-14-34-50(46)57-51)54-39(37-20-5-2-6-21-37)26-15-30-45(54)44-29-16-28-43-40-23-7-11-31-47(40)55-53(43)44/h1-35,55H. The molecule has 0 aliphatic heterocycles. The Morgan fingerprint density at radius 3 is 1.65 bits per heavy atom. The van der Waals surface area contributed by atoms with Crippen LogP contribution in [0.2, 0.25) is 0 Å². The van der Waals surface area contributed by atoms with Gasteiger partial charge in [0.2, 0.25) is 0 Å². The highest BCUT2D eigenvalue weighted by molar-refractivity contribution is 6.16. The number of fused-ring (bicyclic) bond motifs is 6. The van der Waals surface area contributed by atoms with Gasteiger partial charge in [-0.15, -0.1) is 0 Å². The summed E-state index contributed by atoms with van der Waals surface area (Å²) in [5, 5.41) is 4.63. The van der Waals surface area contributed by atoms with Crippen LogP contribution < -0.4 is 4.90 Å². The quantitative estimate of drug-likeness (QED) is 0.177. The van der Waals surface area contributed by atoms with Crippen molar-refractivity contribution in [2.75, 3.05) is 4.90 Å². The molecule has 2 heterocycles. The molecule has 0 atom stereocenters. The van der Waals surface area contributed by atoms with Crippen molar-refractivity contribution in [3.8, 4) is 44.5 Å². The van der Waals surface area contributed by atoms with Gasteiger partial charge >= 0.3 is 0 Å². The lowest BCUT2D eigenvalue weighted by Gasteiger charge is -2.33. The summed E-state index contributed by atoms with van der Waals surface area (Å²) >= 11 is 0. The first-order valence-corrected chi connectivity index (χ1v) is 19.4. The molecule has 268 valence electrons. The molecule has 0 saturated carbocycles. The molecule has 0 saturated heterocycles. The molecule has 57 heavy (non-hydrogen) atoms. The Morgan fingerprint density at radius 1 is 0.333 bits per heavy atom. The topological polar surface area (TPSA) is 32.2 Å². The van der Waals surface area contributed by atoms with Gasteiger partial charge in [0.25, 0.3) is 0 Å². The van der Waals surface area contributed by atoms with Crippen LogP contribution in [-0.2, 0) is 0 Å². The third-order valence-electron chi connectivity index (χ3n) is 11.2. The summed E-state index contributed by atoms with van der Waals surface area (Å²) in [7, 11) is 0. The van der Waals surface area contributed by atoms with E-state index in [0.717, 1.165) is 94.5 Å². The molecular weight excluding hydrogens is 693 g/mol. The maximum atomic E-state index is 6.46. The lowest BCUT2D eigenvalue weighted by atomic mass is 9.91. The third kappa shape index (κ3) is 5.43. The smallest absolute Gasteiger partial charge is 0.136 e. The van der Waals surface area contributed by atoms with Crippen LogP contribution in [0.15, 0.2) is 217 Å². The fourth-order valence-corrected chi connectivity index (χ4v) is 8.75. The second-order valence-electron chi connectivity index (χ2n) is 14.5. The number of rotatable bonds is 7. The van der Waals surface area contributed by atoms with Gasteiger partial charge in [0, 0.05) is 54.9 Å². The number of aromatic amines is 1. The maximum Gasteiger partial charge on any atom is 0.136 e. The number of nitrogens with zero attached hydrogens (tertiary/aromatic N) is 1. The van der Waals surface area contributed by atoms with Crippen LogP contribution in [-0.4, -0.2) is 4.98 Å². The van der Waals surface area contributed by atoms with Crippen LogP contribution in [0.4, 0.5) is 17.1 Å². The average molecular weight is 729 g/mol. The molecule has 2 aromatic heterocycles. The summed E-state index contributed by atoms with van der Waals surface area (Å²) in [6.07, 6.45) is 0. The van der Waals surface area contributed by atoms with Gasteiger partial charge in [-0.2, -0.15) is 0 Å². The van der Waals surface area contributed by atoms with Crippen LogP contribution in [0, 0.1) is 0 Å². The Labute approximate surface area is 330 Å². The predicted molar refractivity (Wildman–Crippen MR) is 240 cm³/mol. The molecule has 11 aromatic rings. The number of anilines is 3. The lowest BCUT2D eigenvalue weighted by molar-refractivity contribution is 0.669. The molecule has 0 unspecified atom stereocenters. The Bertz CT molecular complexity index is 3250. The number of benzene rings is 9. The number of hydrogen-bond acceptors (Lipinski definition) is 2. The van der Waals surface area contributed by atoms with Gasteiger partial charge in [-0.05, 0) is 47.0 Å². The zero-order chi connectivity index (χ0) is 37.7. The van der Waals surface area contributed by atoms with Crippen LogP contribution in [0.25, 0.3) is 88.3 Å². The van der Waals surface area contributed by atoms with E-state index < -0.39 is 0 Å². The summed E-state index contributed by atoms with van der Waals surface area (Å²) in [5.41, 5.74) is 16.3. The highest BCUT2D eigenvalue weighted by Crippen LogP contribution is 2.53. The van der Waals surface area contributed by atoms with Crippen molar-refractivity contribution in [2.45, 2.75) is 0 Å². The molecule has 0 spiro atoms. The number of para-hydroxylation sites is 6. The zero-order valence-electron chi connectivity index (χ0n) is 31.1. The summed E-state index contributed by atoms with van der Waals surface area (Å²) in [5.74, 6) is 0. The van der Waals surface area contributed by atoms with E-state index in [0.29, 0.717) is 0 Å². The molecule has 1 N–H and O–H groups in total. The van der Waals surface area contributed by atoms with Crippen molar-refractivity contribution in [3.63, 3.8) is 0 Å². The molecule has 9 aromatic carbocycles. The Morgan fingerprint density at radius 2 is 0.842 bits per heavy atom. The van der Waals surface area contributed by atoms with E-state index in [4.69, 9.17) is 4.42 Å². The van der Waals surface area contributed by atoms with E-state index in [2.05, 4.69) is 216 Å². The molecule has 0 amide bonds. The fourth-order valence-electron chi connectivity index (χ4n) is 8.75. The Hall–Kier alpha value is -7.62. The fraction of sp³-hybridized carbons (Fsp3) is 0. The molecule has 0 radical (unpaired) electrons. The van der Waals surface area contributed by atoms with E-state index in [-0.39, 0.29) is 0 Å². The van der Waals surface area contributed by atoms with E-state index in [9.17, 15) is 0 Å². The van der Waals surface area contributed by atoms with Crippen molar-refractivity contribution >= 4 is 60.8 Å². The minimum absolute atomic E-state index is 0.871. The molecule has 0 aliphatic carbocycles. The van der Waals surface area contributed by atoms with Crippen molar-refractivity contribution in [1.29, 1.82) is 0 Å². The van der Waals surface area contributed by atoms with E-state index >= 15 is 0 Å². The second kappa shape index (κ2) is 13.6. The minimum Gasteiger partial charge on any atom is -0.456 e. The summed E-state index contributed by atoms with van der Waals surface area (Å²) < 4.78 is 6.46. The van der Waals surface area contributed by atoms with E-state index in [1.165, 1.54) is 10.8 Å². The Kier molecular flexibility index (Phi) is 7.82. The lowest BCUT2D eigenvalue weighted by Crippen LogP contribution is -2.15. The number of aromatic nitrogens is 1. The molecule has 11 rings (SSSR count).